The maximum Gasteiger partial charge on any atom is 0.278 e. The standard InChI is InChI=1S/C19H12ClFN4O2/c20-15-4-2-1-3-13(15)11-25-17(26)10-9-16(23-25)19-22-18(24-27-19)12-5-7-14(21)8-6-12/h1-10H,11H2. The van der Waals surface area contributed by atoms with E-state index < -0.39 is 0 Å². The molecule has 27 heavy (non-hydrogen) atoms. The van der Waals surface area contributed by atoms with Crippen LogP contribution in [-0.4, -0.2) is 19.9 Å². The van der Waals surface area contributed by atoms with E-state index in [1.165, 1.54) is 28.9 Å². The molecule has 0 N–H and O–H groups in total. The molecule has 0 bridgehead atoms. The van der Waals surface area contributed by atoms with Crippen LogP contribution in [0.3, 0.4) is 0 Å². The molecule has 0 unspecified atom stereocenters. The minimum Gasteiger partial charge on any atom is -0.332 e. The predicted molar refractivity (Wildman–Crippen MR) is 97.7 cm³/mol. The van der Waals surface area contributed by atoms with Gasteiger partial charge < -0.3 is 4.52 Å². The topological polar surface area (TPSA) is 73.8 Å². The summed E-state index contributed by atoms with van der Waals surface area (Å²) >= 11 is 6.15. The maximum atomic E-state index is 13.0. The summed E-state index contributed by atoms with van der Waals surface area (Å²) in [6.45, 7) is 0.214. The van der Waals surface area contributed by atoms with Crippen LogP contribution in [0.15, 0.2) is 70.0 Å². The Morgan fingerprint density at radius 3 is 2.59 bits per heavy atom. The molecule has 2 aromatic carbocycles. The van der Waals surface area contributed by atoms with E-state index in [2.05, 4.69) is 15.2 Å². The van der Waals surface area contributed by atoms with Crippen molar-refractivity contribution in [2.24, 2.45) is 0 Å². The van der Waals surface area contributed by atoms with E-state index in [4.69, 9.17) is 16.1 Å². The van der Waals surface area contributed by atoms with E-state index in [9.17, 15) is 9.18 Å². The van der Waals surface area contributed by atoms with Crippen LogP contribution in [0.2, 0.25) is 5.02 Å². The highest BCUT2D eigenvalue weighted by Crippen LogP contribution is 2.21. The van der Waals surface area contributed by atoms with E-state index in [1.54, 1.807) is 18.2 Å². The van der Waals surface area contributed by atoms with Gasteiger partial charge in [-0.2, -0.15) is 10.1 Å². The number of rotatable bonds is 4. The van der Waals surface area contributed by atoms with E-state index in [0.29, 0.717) is 22.1 Å². The summed E-state index contributed by atoms with van der Waals surface area (Å²) in [6, 6.07) is 15.8. The second-order valence-electron chi connectivity index (χ2n) is 5.74. The summed E-state index contributed by atoms with van der Waals surface area (Å²) in [5.41, 5.74) is 1.44. The zero-order valence-corrected chi connectivity index (χ0v) is 14.6. The lowest BCUT2D eigenvalue weighted by molar-refractivity contribution is 0.429. The lowest BCUT2D eigenvalue weighted by atomic mass is 10.2. The normalized spacial score (nSPS) is 10.9. The van der Waals surface area contributed by atoms with Gasteiger partial charge in [-0.25, -0.2) is 9.07 Å². The molecule has 0 saturated heterocycles. The molecule has 8 heteroatoms. The smallest absolute Gasteiger partial charge is 0.278 e. The summed E-state index contributed by atoms with van der Waals surface area (Å²) in [5.74, 6) is 0.105. The first-order chi connectivity index (χ1) is 13.1. The molecule has 0 radical (unpaired) electrons. The first-order valence-electron chi connectivity index (χ1n) is 8.02. The molecule has 134 valence electrons. The van der Waals surface area contributed by atoms with E-state index in [1.807, 2.05) is 18.2 Å². The van der Waals surface area contributed by atoms with E-state index >= 15 is 0 Å². The van der Waals surface area contributed by atoms with Gasteiger partial charge in [-0.1, -0.05) is 35.0 Å². The van der Waals surface area contributed by atoms with Gasteiger partial charge in [0.05, 0.1) is 6.54 Å². The first-order valence-corrected chi connectivity index (χ1v) is 8.39. The lowest BCUT2D eigenvalue weighted by Gasteiger charge is -2.06. The van der Waals surface area contributed by atoms with Gasteiger partial charge in [-0.05, 0) is 42.0 Å². The Balaban J connectivity index is 1.66. The molecule has 6 nitrogen and oxygen atoms in total. The molecule has 0 amide bonds. The summed E-state index contributed by atoms with van der Waals surface area (Å²) in [6.07, 6.45) is 0. The summed E-state index contributed by atoms with van der Waals surface area (Å²) in [7, 11) is 0. The highest BCUT2D eigenvalue weighted by atomic mass is 35.5. The summed E-state index contributed by atoms with van der Waals surface area (Å²) < 4.78 is 19.6. The largest absolute Gasteiger partial charge is 0.332 e. The molecular formula is C19H12ClFN4O2. The van der Waals surface area contributed by atoms with Crippen molar-refractivity contribution in [3.05, 3.63) is 87.4 Å². The maximum absolute atomic E-state index is 13.0. The van der Waals surface area contributed by atoms with Crippen molar-refractivity contribution in [2.45, 2.75) is 6.54 Å². The van der Waals surface area contributed by atoms with Gasteiger partial charge in [0.1, 0.15) is 11.5 Å². The Hall–Kier alpha value is -3.32. The number of nitrogens with zero attached hydrogens (tertiary/aromatic N) is 4. The van der Waals surface area contributed by atoms with Crippen molar-refractivity contribution in [2.75, 3.05) is 0 Å². The molecule has 0 aliphatic carbocycles. The molecule has 4 aromatic rings. The van der Waals surface area contributed by atoms with E-state index in [0.717, 1.165) is 5.56 Å². The predicted octanol–water partition coefficient (Wildman–Crippen LogP) is 3.80. The first kappa shape index (κ1) is 17.1. The van der Waals surface area contributed by atoms with Gasteiger partial charge in [0.25, 0.3) is 11.4 Å². The van der Waals surface area contributed by atoms with Gasteiger partial charge in [0.2, 0.25) is 5.82 Å². The number of hydrogen-bond donors (Lipinski definition) is 0. The van der Waals surface area contributed by atoms with Crippen LogP contribution in [0.4, 0.5) is 4.39 Å². The Kier molecular flexibility index (Phi) is 4.52. The zero-order valence-electron chi connectivity index (χ0n) is 13.8. The molecule has 0 fully saturated rings. The fraction of sp³-hybridized carbons (Fsp3) is 0.0526. The molecule has 4 rings (SSSR count). The number of halogens is 2. The molecule has 0 aliphatic rings. The number of aromatic nitrogens is 4. The Bertz CT molecular complexity index is 1150. The van der Waals surface area contributed by atoms with Gasteiger partial charge in [0, 0.05) is 16.7 Å². The van der Waals surface area contributed by atoms with Crippen LogP contribution in [-0.2, 0) is 6.54 Å². The number of hydrogen-bond acceptors (Lipinski definition) is 5. The minimum absolute atomic E-state index is 0.155. The van der Waals surface area contributed by atoms with Crippen molar-refractivity contribution in [3.8, 4) is 23.0 Å². The highest BCUT2D eigenvalue weighted by Gasteiger charge is 2.14. The molecule has 0 aliphatic heterocycles. The Morgan fingerprint density at radius 1 is 1.04 bits per heavy atom. The van der Waals surface area contributed by atoms with Crippen LogP contribution in [0, 0.1) is 5.82 Å². The average Bonchev–Trinajstić information content (AvgIpc) is 3.16. The third-order valence-corrected chi connectivity index (χ3v) is 4.26. The monoisotopic (exact) mass is 382 g/mol. The highest BCUT2D eigenvalue weighted by molar-refractivity contribution is 6.31. The van der Waals surface area contributed by atoms with Gasteiger partial charge in [-0.15, -0.1) is 0 Å². The van der Waals surface area contributed by atoms with Crippen LogP contribution in [0.1, 0.15) is 5.56 Å². The van der Waals surface area contributed by atoms with Crippen LogP contribution >= 0.6 is 11.6 Å². The van der Waals surface area contributed by atoms with Crippen LogP contribution in [0.5, 0.6) is 0 Å². The fourth-order valence-corrected chi connectivity index (χ4v) is 2.70. The lowest BCUT2D eigenvalue weighted by Crippen LogP contribution is -2.23. The second kappa shape index (κ2) is 7.13. The minimum atomic E-state index is -0.351. The molecule has 0 atom stereocenters. The third kappa shape index (κ3) is 3.63. The van der Waals surface area contributed by atoms with Crippen molar-refractivity contribution in [1.82, 2.24) is 19.9 Å². The van der Waals surface area contributed by atoms with Gasteiger partial charge >= 0.3 is 0 Å². The summed E-state index contributed by atoms with van der Waals surface area (Å²) in [4.78, 5) is 16.4. The molecule has 2 aromatic heterocycles. The SMILES string of the molecule is O=c1ccc(-c2nc(-c3ccc(F)cc3)no2)nn1Cc1ccccc1Cl. The summed E-state index contributed by atoms with van der Waals surface area (Å²) in [5, 5.41) is 8.72. The second-order valence-corrected chi connectivity index (χ2v) is 6.14. The molecule has 0 saturated carbocycles. The van der Waals surface area contributed by atoms with Gasteiger partial charge in [-0.3, -0.25) is 4.79 Å². The van der Waals surface area contributed by atoms with E-state index in [-0.39, 0.29) is 23.8 Å². The Labute approximate surface area is 157 Å². The van der Waals surface area contributed by atoms with Crippen molar-refractivity contribution in [1.29, 1.82) is 0 Å². The van der Waals surface area contributed by atoms with Crippen molar-refractivity contribution < 1.29 is 8.91 Å². The Morgan fingerprint density at radius 2 is 1.81 bits per heavy atom. The zero-order chi connectivity index (χ0) is 18.8. The average molecular weight is 383 g/mol. The molecule has 0 spiro atoms. The molecule has 2 heterocycles. The van der Waals surface area contributed by atoms with Gasteiger partial charge in [0.15, 0.2) is 0 Å². The van der Waals surface area contributed by atoms with Crippen molar-refractivity contribution in [3.63, 3.8) is 0 Å². The molecular weight excluding hydrogens is 371 g/mol. The van der Waals surface area contributed by atoms with Crippen LogP contribution in [0.25, 0.3) is 23.0 Å². The number of benzene rings is 2. The fourth-order valence-electron chi connectivity index (χ4n) is 2.51. The third-order valence-electron chi connectivity index (χ3n) is 3.89. The quantitative estimate of drug-likeness (QED) is 0.536. The van der Waals surface area contributed by atoms with Crippen LogP contribution < -0.4 is 5.56 Å². The van der Waals surface area contributed by atoms with Crippen molar-refractivity contribution >= 4 is 11.6 Å².